The summed E-state index contributed by atoms with van der Waals surface area (Å²) in [6.07, 6.45) is 0.830. The normalized spacial score (nSPS) is 20.0. The molecule has 5 N–H and O–H groups in total. The van der Waals surface area contributed by atoms with Gasteiger partial charge in [-0.2, -0.15) is 0 Å². The Hall–Kier alpha value is -2.39. The molecule has 8 nitrogen and oxygen atoms in total. The summed E-state index contributed by atoms with van der Waals surface area (Å²) in [5, 5.41) is 22.9. The van der Waals surface area contributed by atoms with Crippen molar-refractivity contribution in [1.29, 1.82) is 0 Å². The molecule has 2 aliphatic heterocycles. The fraction of sp³-hybridized carbons (Fsp3) is 0.619. The topological polar surface area (TPSA) is 119 Å². The molecule has 1 aromatic rings. The average molecular weight is 423 g/mol. The van der Waals surface area contributed by atoms with Crippen LogP contribution in [-0.4, -0.2) is 71.9 Å². The Morgan fingerprint density at radius 1 is 1.10 bits per heavy atom. The molecule has 9 heteroatoms. The molecule has 0 aliphatic carbocycles. The highest BCUT2D eigenvalue weighted by molar-refractivity contribution is 5.90. The molecule has 166 valence electrons. The van der Waals surface area contributed by atoms with E-state index in [-0.39, 0.29) is 11.7 Å². The number of nitrogen functional groups attached to an aromatic ring is 1. The summed E-state index contributed by atoms with van der Waals surface area (Å²) in [5.41, 5.74) is 7.10. The van der Waals surface area contributed by atoms with Crippen molar-refractivity contribution < 1.29 is 24.2 Å². The first-order valence-corrected chi connectivity index (χ1v) is 10.6. The minimum Gasteiger partial charge on any atom is -0.397 e. The third-order valence-corrected chi connectivity index (χ3v) is 6.00. The predicted octanol–water partition coefficient (Wildman–Crippen LogP) is 0.475. The van der Waals surface area contributed by atoms with Crippen molar-refractivity contribution >= 4 is 23.2 Å². The Balaban J connectivity index is 1.43. The van der Waals surface area contributed by atoms with Crippen LogP contribution in [0.25, 0.3) is 0 Å². The Morgan fingerprint density at radius 2 is 1.77 bits per heavy atom. The molecule has 0 bridgehead atoms. The lowest BCUT2D eigenvalue weighted by molar-refractivity contribution is -0.153. The summed E-state index contributed by atoms with van der Waals surface area (Å²) < 4.78 is 13.2. The van der Waals surface area contributed by atoms with Gasteiger partial charge in [-0.3, -0.25) is 9.59 Å². The Labute approximate surface area is 175 Å². The van der Waals surface area contributed by atoms with E-state index < -0.39 is 24.0 Å². The third kappa shape index (κ3) is 5.40. The van der Waals surface area contributed by atoms with Crippen LogP contribution in [0.1, 0.15) is 32.1 Å². The summed E-state index contributed by atoms with van der Waals surface area (Å²) in [6, 6.07) is 4.36. The Bertz CT molecular complexity index is 749. The number of hydrogen-bond donors (Lipinski definition) is 4. The molecular weight excluding hydrogens is 391 g/mol. The maximum absolute atomic E-state index is 13.2. The minimum absolute atomic E-state index is 0.203. The number of likely N-dealkylation sites (tertiary alicyclic amines) is 1. The first-order valence-electron chi connectivity index (χ1n) is 10.6. The molecule has 0 unspecified atom stereocenters. The fourth-order valence-electron chi connectivity index (χ4n) is 4.12. The second kappa shape index (κ2) is 10.1. The number of amides is 2. The number of halogens is 1. The fourth-order valence-corrected chi connectivity index (χ4v) is 4.12. The van der Waals surface area contributed by atoms with Crippen LogP contribution in [0.5, 0.6) is 0 Å². The standard InChI is InChI=1S/C21H31FN4O4/c22-15-4-5-17(16(23)12-15)25-10-6-14(7-11-25)13-24-20(29)18(27)19(28)21(30)26-8-2-1-3-9-26/h4-5,12,14,18-19,27-28H,1-3,6-11,13,23H2,(H,24,29)/t18-,19-/m1/s1. The summed E-state index contributed by atoms with van der Waals surface area (Å²) in [5.74, 6) is -1.50. The van der Waals surface area contributed by atoms with Gasteiger partial charge < -0.3 is 31.1 Å². The summed E-state index contributed by atoms with van der Waals surface area (Å²) in [7, 11) is 0. The quantitative estimate of drug-likeness (QED) is 0.495. The molecule has 2 aliphatic rings. The lowest BCUT2D eigenvalue weighted by Gasteiger charge is -2.34. The second-order valence-corrected chi connectivity index (χ2v) is 8.15. The Kier molecular flexibility index (Phi) is 7.49. The van der Waals surface area contributed by atoms with Gasteiger partial charge in [0.2, 0.25) is 0 Å². The number of aliphatic hydroxyl groups excluding tert-OH is 2. The van der Waals surface area contributed by atoms with Gasteiger partial charge >= 0.3 is 0 Å². The van der Waals surface area contributed by atoms with Crippen LogP contribution in [0.3, 0.4) is 0 Å². The van der Waals surface area contributed by atoms with Crippen LogP contribution in [0, 0.1) is 11.7 Å². The van der Waals surface area contributed by atoms with E-state index in [1.807, 2.05) is 0 Å². The number of carbonyl (C=O) groups is 2. The maximum atomic E-state index is 13.2. The highest BCUT2D eigenvalue weighted by Crippen LogP contribution is 2.28. The van der Waals surface area contributed by atoms with E-state index in [4.69, 9.17) is 5.73 Å². The number of anilines is 2. The predicted molar refractivity (Wildman–Crippen MR) is 111 cm³/mol. The van der Waals surface area contributed by atoms with Crippen molar-refractivity contribution in [3.8, 4) is 0 Å². The molecule has 2 amide bonds. The van der Waals surface area contributed by atoms with Crippen molar-refractivity contribution in [2.75, 3.05) is 43.4 Å². The van der Waals surface area contributed by atoms with Gasteiger partial charge in [0.15, 0.2) is 12.2 Å². The molecule has 30 heavy (non-hydrogen) atoms. The van der Waals surface area contributed by atoms with Crippen molar-refractivity contribution in [2.24, 2.45) is 5.92 Å². The monoisotopic (exact) mass is 422 g/mol. The largest absolute Gasteiger partial charge is 0.397 e. The van der Waals surface area contributed by atoms with Crippen LogP contribution in [0.4, 0.5) is 15.8 Å². The molecule has 1 aromatic carbocycles. The number of hydrogen-bond acceptors (Lipinski definition) is 6. The van der Waals surface area contributed by atoms with Gasteiger partial charge in [0, 0.05) is 32.7 Å². The van der Waals surface area contributed by atoms with Crippen LogP contribution in [0.2, 0.25) is 0 Å². The van der Waals surface area contributed by atoms with Crippen molar-refractivity contribution in [3.05, 3.63) is 24.0 Å². The summed E-state index contributed by atoms with van der Waals surface area (Å²) in [4.78, 5) is 28.1. The first kappa shape index (κ1) is 22.3. The molecule has 2 atom stereocenters. The van der Waals surface area contributed by atoms with Gasteiger partial charge in [-0.15, -0.1) is 0 Å². The molecule has 0 radical (unpaired) electrons. The van der Waals surface area contributed by atoms with E-state index >= 15 is 0 Å². The SMILES string of the molecule is Nc1cc(F)ccc1N1CCC(CNC(=O)[C@H](O)[C@@H](O)C(=O)N2CCCCC2)CC1. The summed E-state index contributed by atoms with van der Waals surface area (Å²) in [6.45, 7) is 2.87. The second-order valence-electron chi connectivity index (χ2n) is 8.15. The molecule has 0 aromatic heterocycles. The van der Waals surface area contributed by atoms with Crippen LogP contribution < -0.4 is 16.0 Å². The van der Waals surface area contributed by atoms with Gasteiger partial charge in [0.1, 0.15) is 5.82 Å². The van der Waals surface area contributed by atoms with Crippen LogP contribution in [0.15, 0.2) is 18.2 Å². The number of nitrogens with two attached hydrogens (primary N) is 1. The Morgan fingerprint density at radius 3 is 2.40 bits per heavy atom. The highest BCUT2D eigenvalue weighted by atomic mass is 19.1. The molecule has 3 rings (SSSR count). The number of rotatable bonds is 6. The number of benzene rings is 1. The number of nitrogens with one attached hydrogen (secondary N) is 1. The average Bonchev–Trinajstić information content (AvgIpc) is 2.77. The number of piperidine rings is 2. The molecular formula is C21H31FN4O4. The van der Waals surface area contributed by atoms with Crippen molar-refractivity contribution in [1.82, 2.24) is 10.2 Å². The number of nitrogens with zero attached hydrogens (tertiary/aromatic N) is 2. The van der Waals surface area contributed by atoms with Gasteiger partial charge in [-0.1, -0.05) is 0 Å². The van der Waals surface area contributed by atoms with Crippen molar-refractivity contribution in [3.63, 3.8) is 0 Å². The van der Waals surface area contributed by atoms with Gasteiger partial charge in [-0.05, 0) is 56.2 Å². The number of aliphatic hydroxyl groups is 2. The minimum atomic E-state index is -1.78. The summed E-state index contributed by atoms with van der Waals surface area (Å²) >= 11 is 0. The smallest absolute Gasteiger partial charge is 0.254 e. The van der Waals surface area contributed by atoms with E-state index in [1.165, 1.54) is 17.0 Å². The molecule has 0 spiro atoms. The van der Waals surface area contributed by atoms with Crippen LogP contribution >= 0.6 is 0 Å². The molecule has 2 heterocycles. The number of carbonyl (C=O) groups excluding carboxylic acids is 2. The van der Waals surface area contributed by atoms with E-state index in [2.05, 4.69) is 10.2 Å². The molecule has 0 saturated carbocycles. The van der Waals surface area contributed by atoms with Crippen molar-refractivity contribution in [2.45, 2.75) is 44.3 Å². The zero-order valence-corrected chi connectivity index (χ0v) is 17.1. The van der Waals surface area contributed by atoms with Gasteiger partial charge in [0.25, 0.3) is 11.8 Å². The van der Waals surface area contributed by atoms with E-state index in [0.29, 0.717) is 25.3 Å². The highest BCUT2D eigenvalue weighted by Gasteiger charge is 2.34. The zero-order valence-electron chi connectivity index (χ0n) is 17.1. The van der Waals surface area contributed by atoms with Gasteiger partial charge in [-0.25, -0.2) is 4.39 Å². The van der Waals surface area contributed by atoms with E-state index in [9.17, 15) is 24.2 Å². The van der Waals surface area contributed by atoms with E-state index in [1.54, 1.807) is 6.07 Å². The van der Waals surface area contributed by atoms with Gasteiger partial charge in [0.05, 0.1) is 11.4 Å². The zero-order chi connectivity index (χ0) is 21.7. The molecule has 2 fully saturated rings. The maximum Gasteiger partial charge on any atom is 0.254 e. The van der Waals surface area contributed by atoms with Crippen LogP contribution in [-0.2, 0) is 9.59 Å². The lowest BCUT2D eigenvalue weighted by atomic mass is 9.96. The van der Waals surface area contributed by atoms with E-state index in [0.717, 1.165) is 50.9 Å². The molecule has 2 saturated heterocycles. The first-order chi connectivity index (χ1) is 14.4. The third-order valence-electron chi connectivity index (χ3n) is 6.00. The lowest BCUT2D eigenvalue weighted by Crippen LogP contribution is -2.52.